The molecule has 90 valence electrons. The van der Waals surface area contributed by atoms with Gasteiger partial charge in [0.25, 0.3) is 0 Å². The summed E-state index contributed by atoms with van der Waals surface area (Å²) in [5.74, 6) is 3.84. The van der Waals surface area contributed by atoms with Gasteiger partial charge < -0.3 is 0 Å². The highest BCUT2D eigenvalue weighted by atomic mass is 28.3. The molecule has 1 aromatic carbocycles. The molecule has 0 spiro atoms. The Morgan fingerprint density at radius 3 is 2.41 bits per heavy atom. The molecule has 0 bridgehead atoms. The second-order valence-corrected chi connectivity index (χ2v) is 10.1. The van der Waals surface area contributed by atoms with Gasteiger partial charge in [-0.2, -0.15) is 0 Å². The van der Waals surface area contributed by atoms with E-state index in [4.69, 9.17) is 0 Å². The zero-order chi connectivity index (χ0) is 12.7. The summed E-state index contributed by atoms with van der Waals surface area (Å²) in [4.78, 5) is 0. The maximum absolute atomic E-state index is 3.80. The lowest BCUT2D eigenvalue weighted by atomic mass is 9.95. The van der Waals surface area contributed by atoms with E-state index < -0.39 is 8.07 Å². The van der Waals surface area contributed by atoms with Gasteiger partial charge in [-0.05, 0) is 18.4 Å². The summed E-state index contributed by atoms with van der Waals surface area (Å²) in [5.41, 5.74) is 4.82. The molecule has 0 amide bonds. The van der Waals surface area contributed by atoms with Gasteiger partial charge in [-0.15, -0.1) is 18.0 Å². The van der Waals surface area contributed by atoms with E-state index in [-0.39, 0.29) is 0 Å². The molecular formula is C16H22Si. The van der Waals surface area contributed by atoms with E-state index >= 15 is 0 Å². The van der Waals surface area contributed by atoms with Crippen LogP contribution in [0.2, 0.25) is 19.6 Å². The fourth-order valence-electron chi connectivity index (χ4n) is 1.60. The first-order valence-corrected chi connectivity index (χ1v) is 9.71. The van der Waals surface area contributed by atoms with Crippen molar-refractivity contribution in [3.8, 4) is 11.5 Å². The summed E-state index contributed by atoms with van der Waals surface area (Å²) in [7, 11) is -1.28. The molecule has 0 aliphatic carbocycles. The predicted molar refractivity (Wildman–Crippen MR) is 79.7 cm³/mol. The molecule has 17 heavy (non-hydrogen) atoms. The summed E-state index contributed by atoms with van der Waals surface area (Å²) in [6.45, 7) is 10.7. The third-order valence-electron chi connectivity index (χ3n) is 2.48. The van der Waals surface area contributed by atoms with Crippen LogP contribution in [0.4, 0.5) is 0 Å². The van der Waals surface area contributed by atoms with Gasteiger partial charge in [0, 0.05) is 5.92 Å². The van der Waals surface area contributed by atoms with Crippen LogP contribution in [0.25, 0.3) is 0 Å². The normalized spacial score (nSPS) is 12.4. The van der Waals surface area contributed by atoms with Crippen LogP contribution in [0.15, 0.2) is 43.0 Å². The van der Waals surface area contributed by atoms with Gasteiger partial charge in [-0.25, -0.2) is 0 Å². The van der Waals surface area contributed by atoms with Gasteiger partial charge in [-0.3, -0.25) is 0 Å². The molecule has 0 aromatic heterocycles. The van der Waals surface area contributed by atoms with Crippen molar-refractivity contribution in [1.82, 2.24) is 0 Å². The smallest absolute Gasteiger partial charge is 0.129 e. The van der Waals surface area contributed by atoms with Crippen molar-refractivity contribution in [3.63, 3.8) is 0 Å². The molecule has 0 aliphatic heterocycles. The fraction of sp³-hybridized carbons (Fsp3) is 0.375. The van der Waals surface area contributed by atoms with E-state index in [9.17, 15) is 0 Å². The third-order valence-corrected chi connectivity index (χ3v) is 3.38. The van der Waals surface area contributed by atoms with Crippen molar-refractivity contribution < 1.29 is 0 Å². The summed E-state index contributed by atoms with van der Waals surface area (Å²) < 4.78 is 0. The van der Waals surface area contributed by atoms with E-state index in [1.165, 1.54) is 5.56 Å². The molecule has 0 N–H and O–H groups in total. The minimum atomic E-state index is -1.28. The lowest BCUT2D eigenvalue weighted by Crippen LogP contribution is -2.16. The second kappa shape index (κ2) is 6.47. The van der Waals surface area contributed by atoms with Gasteiger partial charge in [-0.1, -0.05) is 56.0 Å². The Bertz CT molecular complexity index is 401. The van der Waals surface area contributed by atoms with Gasteiger partial charge in [0.1, 0.15) is 8.07 Å². The van der Waals surface area contributed by atoms with Crippen LogP contribution in [0.1, 0.15) is 24.3 Å². The zero-order valence-corrected chi connectivity index (χ0v) is 12.2. The number of hydrogen-bond acceptors (Lipinski definition) is 0. The Labute approximate surface area is 107 Å². The number of allylic oxidation sites excluding steroid dienone is 1. The van der Waals surface area contributed by atoms with Gasteiger partial charge in [0.05, 0.1) is 0 Å². The first kappa shape index (κ1) is 13.8. The largest absolute Gasteiger partial charge is 0.131 e. The average Bonchev–Trinajstić information content (AvgIpc) is 2.29. The summed E-state index contributed by atoms with van der Waals surface area (Å²) >= 11 is 0. The van der Waals surface area contributed by atoms with E-state index in [0.29, 0.717) is 5.92 Å². The van der Waals surface area contributed by atoms with E-state index in [0.717, 1.165) is 12.8 Å². The van der Waals surface area contributed by atoms with Crippen LogP contribution in [0.5, 0.6) is 0 Å². The van der Waals surface area contributed by atoms with Gasteiger partial charge in [0.2, 0.25) is 0 Å². The predicted octanol–water partition coefficient (Wildman–Crippen LogP) is 4.62. The first-order chi connectivity index (χ1) is 8.03. The Morgan fingerprint density at radius 2 is 1.88 bits per heavy atom. The van der Waals surface area contributed by atoms with Crippen molar-refractivity contribution >= 4 is 8.07 Å². The lowest BCUT2D eigenvalue weighted by molar-refractivity contribution is 0.771. The summed E-state index contributed by atoms with van der Waals surface area (Å²) in [6.07, 6.45) is 4.08. The Morgan fingerprint density at radius 1 is 1.24 bits per heavy atom. The maximum Gasteiger partial charge on any atom is 0.129 e. The standard InChI is InChI=1S/C16H22Si/c1-5-6-10-16(13-14-17(2,3)4)15-11-8-7-9-12-15/h5,7-9,11-12,16H,1,6,10H2,2-4H3. The Hall–Kier alpha value is -1.26. The fourth-order valence-corrected chi connectivity index (χ4v) is 2.20. The third kappa shape index (κ3) is 5.56. The van der Waals surface area contributed by atoms with Crippen LogP contribution >= 0.6 is 0 Å². The molecule has 0 heterocycles. The molecule has 1 heteroatoms. The topological polar surface area (TPSA) is 0 Å². The molecule has 0 fully saturated rings. The monoisotopic (exact) mass is 242 g/mol. The van der Waals surface area contributed by atoms with Crippen LogP contribution in [-0.2, 0) is 0 Å². The molecule has 0 radical (unpaired) electrons. The Kier molecular flexibility index (Phi) is 5.25. The van der Waals surface area contributed by atoms with E-state index in [1.807, 2.05) is 6.08 Å². The SMILES string of the molecule is C=CCCC(C#C[Si](C)(C)C)c1ccccc1. The molecule has 0 saturated heterocycles. The maximum atomic E-state index is 3.80. The van der Waals surface area contributed by atoms with Crippen molar-refractivity contribution in [3.05, 3.63) is 48.6 Å². The number of rotatable bonds is 4. The minimum absolute atomic E-state index is 0.362. The Balaban J connectivity index is 2.87. The molecule has 1 aromatic rings. The molecule has 0 saturated carbocycles. The first-order valence-electron chi connectivity index (χ1n) is 6.21. The highest BCUT2D eigenvalue weighted by Crippen LogP contribution is 2.20. The van der Waals surface area contributed by atoms with Crippen molar-refractivity contribution in [2.75, 3.05) is 0 Å². The summed E-state index contributed by atoms with van der Waals surface area (Å²) in [6, 6.07) is 10.6. The van der Waals surface area contributed by atoms with Crippen LogP contribution < -0.4 is 0 Å². The molecule has 1 unspecified atom stereocenters. The van der Waals surface area contributed by atoms with Crippen molar-refractivity contribution in [1.29, 1.82) is 0 Å². The quantitative estimate of drug-likeness (QED) is 0.411. The molecule has 1 rings (SSSR count). The second-order valence-electron chi connectivity index (χ2n) is 5.35. The minimum Gasteiger partial charge on any atom is -0.131 e. The number of hydrogen-bond donors (Lipinski definition) is 0. The molecular weight excluding hydrogens is 220 g/mol. The van der Waals surface area contributed by atoms with Crippen LogP contribution in [-0.4, -0.2) is 8.07 Å². The zero-order valence-electron chi connectivity index (χ0n) is 11.2. The molecule has 1 atom stereocenters. The van der Waals surface area contributed by atoms with Crippen molar-refractivity contribution in [2.24, 2.45) is 0 Å². The lowest BCUT2D eigenvalue weighted by Gasteiger charge is -2.11. The van der Waals surface area contributed by atoms with Crippen molar-refractivity contribution in [2.45, 2.75) is 38.4 Å². The van der Waals surface area contributed by atoms with Gasteiger partial charge in [0.15, 0.2) is 0 Å². The molecule has 0 nitrogen and oxygen atoms in total. The molecule has 0 aliphatic rings. The van der Waals surface area contributed by atoms with E-state index in [1.54, 1.807) is 0 Å². The number of benzene rings is 1. The highest BCUT2D eigenvalue weighted by molar-refractivity contribution is 6.83. The van der Waals surface area contributed by atoms with Crippen LogP contribution in [0, 0.1) is 11.5 Å². The van der Waals surface area contributed by atoms with E-state index in [2.05, 4.69) is 68.0 Å². The van der Waals surface area contributed by atoms with Gasteiger partial charge >= 0.3 is 0 Å². The van der Waals surface area contributed by atoms with Crippen LogP contribution in [0.3, 0.4) is 0 Å². The highest BCUT2D eigenvalue weighted by Gasteiger charge is 2.11. The average molecular weight is 242 g/mol. The summed E-state index contributed by atoms with van der Waals surface area (Å²) in [5, 5.41) is 0.